The Balaban J connectivity index is 1.48. The van der Waals surface area contributed by atoms with Crippen molar-refractivity contribution in [3.63, 3.8) is 0 Å². The van der Waals surface area contributed by atoms with Crippen LogP contribution in [0.2, 0.25) is 0 Å². The van der Waals surface area contributed by atoms with Crippen LogP contribution in [-0.2, 0) is 22.6 Å². The van der Waals surface area contributed by atoms with Gasteiger partial charge in [-0.3, -0.25) is 23.4 Å². The van der Waals surface area contributed by atoms with Crippen molar-refractivity contribution in [3.05, 3.63) is 27.6 Å². The van der Waals surface area contributed by atoms with Crippen LogP contribution in [0.4, 0.5) is 0 Å². The van der Waals surface area contributed by atoms with Crippen molar-refractivity contribution < 1.29 is 9.59 Å². The number of likely N-dealkylation sites (tertiary alicyclic amines) is 1. The van der Waals surface area contributed by atoms with Crippen molar-refractivity contribution in [1.29, 1.82) is 0 Å². The molecule has 0 aliphatic carbocycles. The summed E-state index contributed by atoms with van der Waals surface area (Å²) in [7, 11) is 0. The minimum Gasteiger partial charge on any atom is -0.369 e. The van der Waals surface area contributed by atoms with Crippen LogP contribution in [0.1, 0.15) is 45.4 Å². The van der Waals surface area contributed by atoms with Gasteiger partial charge in [-0.15, -0.1) is 21.5 Å². The molecule has 0 atom stereocenters. The first-order chi connectivity index (χ1) is 14.9. The zero-order chi connectivity index (χ0) is 22.1. The largest absolute Gasteiger partial charge is 0.369 e. The van der Waals surface area contributed by atoms with E-state index in [1.807, 2.05) is 20.7 Å². The van der Waals surface area contributed by atoms with Gasteiger partial charge in [0.05, 0.1) is 5.52 Å². The minimum atomic E-state index is -0.276. The van der Waals surface area contributed by atoms with Crippen LogP contribution < -0.4 is 11.3 Å². The average Bonchev–Trinajstić information content (AvgIpc) is 3.38. The van der Waals surface area contributed by atoms with Gasteiger partial charge in [0.15, 0.2) is 0 Å². The van der Waals surface area contributed by atoms with E-state index in [9.17, 15) is 14.4 Å². The lowest BCUT2D eigenvalue weighted by Gasteiger charge is -2.30. The molecular weight excluding hydrogens is 416 g/mol. The molecule has 0 bridgehead atoms. The molecule has 1 saturated heterocycles. The monoisotopic (exact) mass is 444 g/mol. The lowest BCUT2D eigenvalue weighted by molar-refractivity contribution is -0.134. The van der Waals surface area contributed by atoms with Gasteiger partial charge in [-0.2, -0.15) is 0 Å². The number of hydrogen-bond donors (Lipinski definition) is 1. The highest BCUT2D eigenvalue weighted by atomic mass is 32.1. The smallest absolute Gasteiger partial charge is 0.272 e. The summed E-state index contributed by atoms with van der Waals surface area (Å²) in [5.74, 6) is 1.31. The molecule has 3 aromatic rings. The summed E-state index contributed by atoms with van der Waals surface area (Å²) in [5.41, 5.74) is 6.16. The van der Waals surface area contributed by atoms with E-state index in [0.717, 1.165) is 11.3 Å². The first-order valence-corrected chi connectivity index (χ1v) is 11.7. The predicted octanol–water partition coefficient (Wildman–Crippen LogP) is 1.81. The van der Waals surface area contributed by atoms with Crippen LogP contribution in [-0.4, -0.2) is 49.0 Å². The molecule has 1 aliphatic heterocycles. The van der Waals surface area contributed by atoms with E-state index in [2.05, 4.69) is 24.0 Å². The maximum absolute atomic E-state index is 12.9. The van der Waals surface area contributed by atoms with Gasteiger partial charge in [-0.1, -0.05) is 13.8 Å². The second-order valence-corrected chi connectivity index (χ2v) is 9.52. The molecular formula is C21H28N6O3S. The number of carbonyl (C=O) groups is 2. The summed E-state index contributed by atoms with van der Waals surface area (Å²) in [4.78, 5) is 38.6. The van der Waals surface area contributed by atoms with E-state index >= 15 is 0 Å². The molecule has 0 unspecified atom stereocenters. The topological polar surface area (TPSA) is 116 Å². The first kappa shape index (κ1) is 21.5. The van der Waals surface area contributed by atoms with Crippen molar-refractivity contribution in [1.82, 2.24) is 24.1 Å². The number of nitrogens with zero attached hydrogens (tertiary/aromatic N) is 5. The molecule has 4 rings (SSSR count). The van der Waals surface area contributed by atoms with Gasteiger partial charge in [0.2, 0.25) is 17.6 Å². The molecule has 3 aromatic heterocycles. The Morgan fingerprint density at radius 2 is 2.00 bits per heavy atom. The zero-order valence-electron chi connectivity index (χ0n) is 17.9. The van der Waals surface area contributed by atoms with Gasteiger partial charge in [-0.25, -0.2) is 0 Å². The fourth-order valence-electron chi connectivity index (χ4n) is 4.24. The molecule has 1 aliphatic rings. The Kier molecular flexibility index (Phi) is 6.08. The number of rotatable bonds is 7. The third-order valence-electron chi connectivity index (χ3n) is 5.87. The van der Waals surface area contributed by atoms with Gasteiger partial charge in [-0.05, 0) is 36.6 Å². The van der Waals surface area contributed by atoms with E-state index < -0.39 is 0 Å². The standard InChI is InChI=1S/C21H28N6O3S/c1-13(2)12-26-20(30)18-15(8-11-31-18)27-16(23-24-21(26)27)4-3-5-17(28)25-9-6-14(7-10-25)19(22)29/h8,11,13-14H,3-7,9-10,12H2,1-2H3,(H2,22,29). The van der Waals surface area contributed by atoms with E-state index in [1.54, 1.807) is 4.57 Å². The van der Waals surface area contributed by atoms with E-state index in [-0.39, 0.29) is 23.3 Å². The molecule has 0 aromatic carbocycles. The van der Waals surface area contributed by atoms with Crippen LogP contribution >= 0.6 is 11.3 Å². The number of aromatic nitrogens is 4. The molecule has 10 heteroatoms. The highest BCUT2D eigenvalue weighted by molar-refractivity contribution is 7.17. The van der Waals surface area contributed by atoms with Gasteiger partial charge in [0.1, 0.15) is 10.5 Å². The van der Waals surface area contributed by atoms with Crippen LogP contribution in [0.3, 0.4) is 0 Å². The normalized spacial score (nSPS) is 15.4. The summed E-state index contributed by atoms with van der Waals surface area (Å²) in [6.07, 6.45) is 2.92. The van der Waals surface area contributed by atoms with E-state index in [4.69, 9.17) is 5.73 Å². The summed E-state index contributed by atoms with van der Waals surface area (Å²) < 4.78 is 4.36. The van der Waals surface area contributed by atoms with Crippen molar-refractivity contribution in [2.75, 3.05) is 13.1 Å². The van der Waals surface area contributed by atoms with Gasteiger partial charge in [0, 0.05) is 38.4 Å². The fourth-order valence-corrected chi connectivity index (χ4v) is 5.07. The third kappa shape index (κ3) is 4.21. The van der Waals surface area contributed by atoms with Gasteiger partial charge in [0.25, 0.3) is 5.56 Å². The SMILES string of the molecule is CC(C)Cn1c(=O)c2sccc2n2c(CCCC(=O)N3CCC(C(N)=O)CC3)nnc12. The Morgan fingerprint density at radius 3 is 2.68 bits per heavy atom. The Morgan fingerprint density at radius 1 is 1.26 bits per heavy atom. The molecule has 2 amide bonds. The summed E-state index contributed by atoms with van der Waals surface area (Å²) in [6, 6.07) is 1.93. The van der Waals surface area contributed by atoms with Crippen molar-refractivity contribution in [3.8, 4) is 0 Å². The van der Waals surface area contributed by atoms with Crippen molar-refractivity contribution >= 4 is 39.1 Å². The van der Waals surface area contributed by atoms with Crippen LogP contribution in [0.25, 0.3) is 16.0 Å². The molecule has 31 heavy (non-hydrogen) atoms. The van der Waals surface area contributed by atoms with Crippen LogP contribution in [0, 0.1) is 11.8 Å². The number of hydrogen-bond acceptors (Lipinski definition) is 6. The number of piperidine rings is 1. The quantitative estimate of drug-likeness (QED) is 0.597. The molecule has 0 spiro atoms. The number of carbonyl (C=O) groups excluding carboxylic acids is 2. The minimum absolute atomic E-state index is 0.0281. The second-order valence-electron chi connectivity index (χ2n) is 8.61. The Bertz CT molecular complexity index is 1170. The second kappa shape index (κ2) is 8.78. The molecule has 2 N–H and O–H groups in total. The van der Waals surface area contributed by atoms with E-state index in [1.165, 1.54) is 11.3 Å². The number of thiophene rings is 1. The maximum Gasteiger partial charge on any atom is 0.272 e. The number of nitrogens with two attached hydrogens (primary N) is 1. The number of primary amides is 1. The highest BCUT2D eigenvalue weighted by Gasteiger charge is 2.25. The van der Waals surface area contributed by atoms with Gasteiger partial charge < -0.3 is 10.6 Å². The molecule has 166 valence electrons. The molecule has 9 nitrogen and oxygen atoms in total. The van der Waals surface area contributed by atoms with E-state index in [0.29, 0.717) is 68.1 Å². The lowest BCUT2D eigenvalue weighted by Crippen LogP contribution is -2.41. The first-order valence-electron chi connectivity index (χ1n) is 10.8. The number of amides is 2. The van der Waals surface area contributed by atoms with Crippen molar-refractivity contribution in [2.45, 2.75) is 52.5 Å². The van der Waals surface area contributed by atoms with Crippen molar-refractivity contribution in [2.24, 2.45) is 17.6 Å². The van der Waals surface area contributed by atoms with Crippen LogP contribution in [0.5, 0.6) is 0 Å². The fraction of sp³-hybridized carbons (Fsp3) is 0.571. The predicted molar refractivity (Wildman–Crippen MR) is 119 cm³/mol. The molecule has 0 radical (unpaired) electrons. The third-order valence-corrected chi connectivity index (χ3v) is 6.76. The van der Waals surface area contributed by atoms with Gasteiger partial charge >= 0.3 is 0 Å². The molecule has 1 fully saturated rings. The maximum atomic E-state index is 12.9. The van der Waals surface area contributed by atoms with Crippen LogP contribution in [0.15, 0.2) is 16.2 Å². The lowest BCUT2D eigenvalue weighted by atomic mass is 9.96. The number of fused-ring (bicyclic) bond motifs is 3. The summed E-state index contributed by atoms with van der Waals surface area (Å²) in [6.45, 7) is 5.87. The summed E-state index contributed by atoms with van der Waals surface area (Å²) in [5, 5.41) is 10.6. The highest BCUT2D eigenvalue weighted by Crippen LogP contribution is 2.22. The number of aryl methyl sites for hydroxylation is 1. The summed E-state index contributed by atoms with van der Waals surface area (Å²) >= 11 is 1.43. The Hall–Kier alpha value is -2.75. The zero-order valence-corrected chi connectivity index (χ0v) is 18.7. The molecule has 0 saturated carbocycles. The average molecular weight is 445 g/mol. The molecule has 4 heterocycles. The Labute approximate surface area is 183 Å².